The molecule has 5 nitrogen and oxygen atoms in total. The van der Waals surface area contributed by atoms with Gasteiger partial charge in [-0.3, -0.25) is 9.52 Å². The molecule has 1 heterocycles. The summed E-state index contributed by atoms with van der Waals surface area (Å²) in [4.78, 5) is 12.6. The average Bonchev–Trinajstić information content (AvgIpc) is 2.38. The molecule has 0 saturated heterocycles. The van der Waals surface area contributed by atoms with Crippen molar-refractivity contribution >= 4 is 27.3 Å². The standard InChI is InChI=1S/C11H6ClF3N2O3S/c12-7-3-6(4-16-11(7)18)21(19,20)17-9-2-5(13)1-8(14)10(9)15/h1-4,17H,(H,16,18). The van der Waals surface area contributed by atoms with E-state index in [1.54, 1.807) is 4.72 Å². The highest BCUT2D eigenvalue weighted by molar-refractivity contribution is 7.92. The lowest BCUT2D eigenvalue weighted by Gasteiger charge is -2.09. The molecule has 0 aliphatic heterocycles. The van der Waals surface area contributed by atoms with Crippen LogP contribution in [0.25, 0.3) is 0 Å². The van der Waals surface area contributed by atoms with Gasteiger partial charge in [-0.1, -0.05) is 11.6 Å². The van der Waals surface area contributed by atoms with Gasteiger partial charge >= 0.3 is 0 Å². The molecule has 0 radical (unpaired) electrons. The Bertz CT molecular complexity index is 868. The van der Waals surface area contributed by atoms with Gasteiger partial charge in [-0.15, -0.1) is 0 Å². The lowest BCUT2D eigenvalue weighted by molar-refractivity contribution is 0.498. The topological polar surface area (TPSA) is 79.0 Å². The lowest BCUT2D eigenvalue weighted by atomic mass is 10.3. The summed E-state index contributed by atoms with van der Waals surface area (Å²) in [6, 6.07) is 1.56. The molecule has 112 valence electrons. The molecule has 0 amide bonds. The molecule has 21 heavy (non-hydrogen) atoms. The van der Waals surface area contributed by atoms with Gasteiger partial charge in [0, 0.05) is 18.3 Å². The molecular weight excluding hydrogens is 333 g/mol. The zero-order valence-corrected chi connectivity index (χ0v) is 11.5. The van der Waals surface area contributed by atoms with E-state index in [9.17, 15) is 26.4 Å². The van der Waals surface area contributed by atoms with Gasteiger partial charge in [-0.2, -0.15) is 0 Å². The molecule has 0 unspecified atom stereocenters. The summed E-state index contributed by atoms with van der Waals surface area (Å²) in [5.41, 5.74) is -1.63. The Hall–Kier alpha value is -2.00. The second-order valence-electron chi connectivity index (χ2n) is 3.87. The largest absolute Gasteiger partial charge is 0.326 e. The minimum Gasteiger partial charge on any atom is -0.326 e. The van der Waals surface area contributed by atoms with E-state index < -0.39 is 48.6 Å². The van der Waals surface area contributed by atoms with Crippen LogP contribution in [0.1, 0.15) is 0 Å². The second kappa shape index (κ2) is 5.41. The van der Waals surface area contributed by atoms with Crippen LogP contribution >= 0.6 is 11.6 Å². The molecule has 2 aromatic rings. The van der Waals surface area contributed by atoms with Crippen molar-refractivity contribution in [3.05, 3.63) is 57.2 Å². The van der Waals surface area contributed by atoms with E-state index in [0.29, 0.717) is 6.07 Å². The summed E-state index contributed by atoms with van der Waals surface area (Å²) in [7, 11) is -4.39. The zero-order chi connectivity index (χ0) is 15.8. The van der Waals surface area contributed by atoms with Crippen molar-refractivity contribution in [2.45, 2.75) is 4.90 Å². The summed E-state index contributed by atoms with van der Waals surface area (Å²) < 4.78 is 65.0. The average molecular weight is 339 g/mol. The zero-order valence-electron chi connectivity index (χ0n) is 9.95. The van der Waals surface area contributed by atoms with Crippen molar-refractivity contribution in [2.75, 3.05) is 4.72 Å². The molecule has 0 aliphatic carbocycles. The van der Waals surface area contributed by atoms with Crippen LogP contribution < -0.4 is 10.3 Å². The number of hydrogen-bond acceptors (Lipinski definition) is 3. The molecule has 0 saturated carbocycles. The van der Waals surface area contributed by atoms with Crippen LogP contribution in [-0.4, -0.2) is 13.4 Å². The van der Waals surface area contributed by atoms with Gasteiger partial charge in [0.05, 0.1) is 5.69 Å². The third kappa shape index (κ3) is 3.19. The molecule has 0 atom stereocenters. The molecule has 10 heteroatoms. The number of aromatic amines is 1. The maximum atomic E-state index is 13.4. The van der Waals surface area contributed by atoms with Crippen molar-refractivity contribution in [1.29, 1.82) is 0 Å². The van der Waals surface area contributed by atoms with Gasteiger partial charge in [0.1, 0.15) is 15.7 Å². The maximum absolute atomic E-state index is 13.4. The van der Waals surface area contributed by atoms with E-state index in [1.165, 1.54) is 0 Å². The number of pyridine rings is 1. The SMILES string of the molecule is O=c1[nH]cc(S(=O)(=O)Nc2cc(F)cc(F)c2F)cc1Cl. The number of sulfonamides is 1. The van der Waals surface area contributed by atoms with E-state index in [0.717, 1.165) is 12.3 Å². The quantitative estimate of drug-likeness (QED) is 0.842. The Kier molecular flexibility index (Phi) is 3.97. The summed E-state index contributed by atoms with van der Waals surface area (Å²) in [6.07, 6.45) is 0.810. The van der Waals surface area contributed by atoms with Crippen molar-refractivity contribution in [2.24, 2.45) is 0 Å². The van der Waals surface area contributed by atoms with E-state index in [4.69, 9.17) is 11.6 Å². The minimum atomic E-state index is -4.39. The monoisotopic (exact) mass is 338 g/mol. The number of anilines is 1. The summed E-state index contributed by atoms with van der Waals surface area (Å²) >= 11 is 5.47. The van der Waals surface area contributed by atoms with E-state index in [-0.39, 0.29) is 6.07 Å². The first-order valence-electron chi connectivity index (χ1n) is 5.26. The number of hydrogen-bond donors (Lipinski definition) is 2. The third-order valence-electron chi connectivity index (χ3n) is 2.38. The molecule has 1 aromatic heterocycles. The van der Waals surface area contributed by atoms with Crippen molar-refractivity contribution < 1.29 is 21.6 Å². The van der Waals surface area contributed by atoms with Gasteiger partial charge < -0.3 is 4.98 Å². The fourth-order valence-electron chi connectivity index (χ4n) is 1.43. The van der Waals surface area contributed by atoms with E-state index in [2.05, 4.69) is 0 Å². The van der Waals surface area contributed by atoms with Gasteiger partial charge in [0.2, 0.25) is 0 Å². The molecule has 1 aromatic carbocycles. The first-order chi connectivity index (χ1) is 9.70. The van der Waals surface area contributed by atoms with Crippen LogP contribution in [-0.2, 0) is 10.0 Å². The molecule has 0 spiro atoms. The Balaban J connectivity index is 2.47. The van der Waals surface area contributed by atoms with Crippen molar-refractivity contribution in [3.63, 3.8) is 0 Å². The van der Waals surface area contributed by atoms with Crippen LogP contribution in [0.15, 0.2) is 34.1 Å². The smallest absolute Gasteiger partial charge is 0.266 e. The molecule has 0 fully saturated rings. The van der Waals surface area contributed by atoms with E-state index >= 15 is 0 Å². The van der Waals surface area contributed by atoms with Gasteiger partial charge in [-0.05, 0) is 6.07 Å². The summed E-state index contributed by atoms with van der Waals surface area (Å²) in [5.74, 6) is -4.27. The number of halogens is 4. The third-order valence-corrected chi connectivity index (χ3v) is 4.00. The number of benzene rings is 1. The van der Waals surface area contributed by atoms with Crippen LogP contribution in [0.5, 0.6) is 0 Å². The Morgan fingerprint density at radius 1 is 1.14 bits per heavy atom. The number of aromatic nitrogens is 1. The predicted molar refractivity (Wildman–Crippen MR) is 69.2 cm³/mol. The number of H-pyrrole nitrogens is 1. The Morgan fingerprint density at radius 3 is 2.43 bits per heavy atom. The molecule has 0 bridgehead atoms. The molecule has 2 N–H and O–H groups in total. The minimum absolute atomic E-state index is 0.268. The van der Waals surface area contributed by atoms with Crippen LogP contribution in [0, 0.1) is 17.5 Å². The molecule has 0 aliphatic rings. The second-order valence-corrected chi connectivity index (χ2v) is 5.96. The molecular formula is C11H6ClF3N2O3S. The fraction of sp³-hybridized carbons (Fsp3) is 0. The normalized spacial score (nSPS) is 11.4. The van der Waals surface area contributed by atoms with Crippen molar-refractivity contribution in [3.8, 4) is 0 Å². The Morgan fingerprint density at radius 2 is 1.81 bits per heavy atom. The predicted octanol–water partition coefficient (Wildman–Crippen LogP) is 2.25. The van der Waals surface area contributed by atoms with E-state index in [1.807, 2.05) is 4.98 Å². The fourth-order valence-corrected chi connectivity index (χ4v) is 2.71. The van der Waals surface area contributed by atoms with Gasteiger partial charge in [-0.25, -0.2) is 21.6 Å². The van der Waals surface area contributed by atoms with Crippen molar-refractivity contribution in [1.82, 2.24) is 4.98 Å². The first-order valence-corrected chi connectivity index (χ1v) is 7.12. The highest BCUT2D eigenvalue weighted by Crippen LogP contribution is 2.22. The summed E-state index contributed by atoms with van der Waals surface area (Å²) in [5, 5.41) is -0.413. The lowest BCUT2D eigenvalue weighted by Crippen LogP contribution is -2.17. The highest BCUT2D eigenvalue weighted by atomic mass is 35.5. The summed E-state index contributed by atoms with van der Waals surface area (Å²) in [6.45, 7) is 0. The van der Waals surface area contributed by atoms with Gasteiger partial charge in [0.15, 0.2) is 11.6 Å². The van der Waals surface area contributed by atoms with Crippen LogP contribution in [0.2, 0.25) is 5.02 Å². The highest BCUT2D eigenvalue weighted by Gasteiger charge is 2.20. The number of rotatable bonds is 3. The molecule has 2 rings (SSSR count). The van der Waals surface area contributed by atoms with Crippen LogP contribution in [0.3, 0.4) is 0 Å². The van der Waals surface area contributed by atoms with Crippen LogP contribution in [0.4, 0.5) is 18.9 Å². The number of nitrogens with one attached hydrogen (secondary N) is 2. The first kappa shape index (κ1) is 15.4. The maximum Gasteiger partial charge on any atom is 0.266 e. The van der Waals surface area contributed by atoms with Gasteiger partial charge in [0.25, 0.3) is 15.6 Å². The Labute approximate surface area is 121 Å².